The average Bonchev–Trinajstić information content (AvgIpc) is 2.88. The maximum Gasteiger partial charge on any atom is 0.234 e. The van der Waals surface area contributed by atoms with Crippen molar-refractivity contribution in [3.8, 4) is 0 Å². The molecule has 0 aliphatic heterocycles. The third-order valence-electron chi connectivity index (χ3n) is 3.22. The summed E-state index contributed by atoms with van der Waals surface area (Å²) in [6.07, 6.45) is 6.18. The van der Waals surface area contributed by atoms with Crippen LogP contribution in [0, 0.1) is 0 Å². The Balaban J connectivity index is 1.58. The number of carbonyl (C=O) groups excluding carboxylic acids is 1. The van der Waals surface area contributed by atoms with Gasteiger partial charge in [-0.2, -0.15) is 0 Å². The summed E-state index contributed by atoms with van der Waals surface area (Å²) in [5.41, 5.74) is -0.556. The Morgan fingerprint density at radius 1 is 1.33 bits per heavy atom. The highest BCUT2D eigenvalue weighted by Crippen LogP contribution is 2.28. The van der Waals surface area contributed by atoms with Crippen LogP contribution >= 0.6 is 0 Å². The quantitative estimate of drug-likeness (QED) is 0.608. The minimum atomic E-state index is -0.556. The zero-order chi connectivity index (χ0) is 10.7. The van der Waals surface area contributed by atoms with E-state index >= 15 is 0 Å². The van der Waals surface area contributed by atoms with E-state index in [4.69, 9.17) is 0 Å². The molecule has 86 valence electrons. The summed E-state index contributed by atoms with van der Waals surface area (Å²) in [7, 11) is 0. The molecule has 0 aromatic carbocycles. The topological polar surface area (TPSA) is 61.4 Å². The second-order valence-electron chi connectivity index (χ2n) is 4.88. The number of aliphatic hydroxyl groups is 1. The molecule has 0 atom stereocenters. The molecule has 2 aliphatic carbocycles. The summed E-state index contributed by atoms with van der Waals surface area (Å²) in [5.74, 6) is 0.0547. The summed E-state index contributed by atoms with van der Waals surface area (Å²) in [4.78, 5) is 11.3. The zero-order valence-corrected chi connectivity index (χ0v) is 9.09. The smallest absolute Gasteiger partial charge is 0.234 e. The molecule has 1 amide bonds. The number of carbonyl (C=O) groups is 1. The van der Waals surface area contributed by atoms with Gasteiger partial charge in [0.2, 0.25) is 5.91 Å². The van der Waals surface area contributed by atoms with Gasteiger partial charge in [0.05, 0.1) is 12.1 Å². The fourth-order valence-corrected chi connectivity index (χ4v) is 2.12. The summed E-state index contributed by atoms with van der Waals surface area (Å²) in [6.45, 7) is 0.879. The molecule has 2 aliphatic rings. The molecule has 0 heterocycles. The first-order chi connectivity index (χ1) is 7.18. The average molecular weight is 212 g/mol. The van der Waals surface area contributed by atoms with Crippen LogP contribution in [0.25, 0.3) is 0 Å². The van der Waals surface area contributed by atoms with Gasteiger partial charge in [0.25, 0.3) is 0 Å². The molecule has 4 heteroatoms. The molecule has 2 saturated carbocycles. The number of amides is 1. The number of hydrogen-bond donors (Lipinski definition) is 3. The van der Waals surface area contributed by atoms with Gasteiger partial charge in [-0.3, -0.25) is 4.79 Å². The Kier molecular flexibility index (Phi) is 3.26. The molecule has 0 unspecified atom stereocenters. The lowest BCUT2D eigenvalue weighted by atomic mass is 10.0. The van der Waals surface area contributed by atoms with Crippen LogP contribution in [0.2, 0.25) is 0 Å². The molecular formula is C11H20N2O2. The molecule has 3 N–H and O–H groups in total. The van der Waals surface area contributed by atoms with Crippen molar-refractivity contribution in [3.05, 3.63) is 0 Å². The van der Waals surface area contributed by atoms with Gasteiger partial charge in [0.1, 0.15) is 0 Å². The lowest BCUT2D eigenvalue weighted by Crippen LogP contribution is -2.43. The molecule has 4 nitrogen and oxygen atoms in total. The minimum absolute atomic E-state index is 0.0547. The molecule has 0 saturated heterocycles. The number of nitrogens with one attached hydrogen (secondary N) is 2. The minimum Gasteiger partial charge on any atom is -0.389 e. The highest BCUT2D eigenvalue weighted by molar-refractivity contribution is 5.78. The van der Waals surface area contributed by atoms with Crippen molar-refractivity contribution in [1.29, 1.82) is 0 Å². The highest BCUT2D eigenvalue weighted by atomic mass is 16.3. The Morgan fingerprint density at radius 2 is 2.00 bits per heavy atom. The lowest BCUT2D eigenvalue weighted by Gasteiger charge is -2.22. The van der Waals surface area contributed by atoms with Gasteiger partial charge in [-0.25, -0.2) is 0 Å². The van der Waals surface area contributed by atoms with E-state index in [2.05, 4.69) is 10.6 Å². The van der Waals surface area contributed by atoms with Crippen molar-refractivity contribution < 1.29 is 9.90 Å². The first kappa shape index (κ1) is 10.9. The van der Waals surface area contributed by atoms with Crippen molar-refractivity contribution in [2.24, 2.45) is 0 Å². The summed E-state index contributed by atoms with van der Waals surface area (Å²) in [6, 6.07) is 0.425. The summed E-state index contributed by atoms with van der Waals surface area (Å²) >= 11 is 0. The van der Waals surface area contributed by atoms with Gasteiger partial charge in [-0.05, 0) is 25.7 Å². The fraction of sp³-hybridized carbons (Fsp3) is 0.909. The second kappa shape index (κ2) is 4.49. The van der Waals surface area contributed by atoms with Gasteiger partial charge >= 0.3 is 0 Å². The van der Waals surface area contributed by atoms with Crippen molar-refractivity contribution in [2.75, 3.05) is 13.1 Å². The van der Waals surface area contributed by atoms with E-state index in [1.54, 1.807) is 0 Å². The van der Waals surface area contributed by atoms with Crippen LogP contribution in [0.4, 0.5) is 0 Å². The second-order valence-corrected chi connectivity index (χ2v) is 4.88. The van der Waals surface area contributed by atoms with Crippen molar-refractivity contribution in [2.45, 2.75) is 50.2 Å². The zero-order valence-electron chi connectivity index (χ0n) is 9.09. The van der Waals surface area contributed by atoms with Crippen LogP contribution in [0.1, 0.15) is 38.5 Å². The third-order valence-corrected chi connectivity index (χ3v) is 3.22. The molecule has 2 rings (SSSR count). The van der Waals surface area contributed by atoms with Crippen LogP contribution < -0.4 is 10.6 Å². The van der Waals surface area contributed by atoms with Crippen molar-refractivity contribution in [1.82, 2.24) is 10.6 Å². The fourth-order valence-electron chi connectivity index (χ4n) is 2.12. The molecule has 0 spiro atoms. The predicted octanol–water partition coefficient (Wildman–Crippen LogP) is 0.160. The predicted molar refractivity (Wildman–Crippen MR) is 57.5 cm³/mol. The SMILES string of the molecule is O=C(CNCC1(O)CCCC1)NC1CC1. The van der Waals surface area contributed by atoms with Crippen LogP contribution in [0.15, 0.2) is 0 Å². The van der Waals surface area contributed by atoms with E-state index in [1.165, 1.54) is 0 Å². The lowest BCUT2D eigenvalue weighted by molar-refractivity contribution is -0.120. The molecule has 0 radical (unpaired) electrons. The van der Waals surface area contributed by atoms with Gasteiger partial charge in [0.15, 0.2) is 0 Å². The van der Waals surface area contributed by atoms with Crippen LogP contribution in [0.3, 0.4) is 0 Å². The van der Waals surface area contributed by atoms with Crippen molar-refractivity contribution in [3.63, 3.8) is 0 Å². The number of rotatable bonds is 5. The van der Waals surface area contributed by atoms with Crippen LogP contribution in [0.5, 0.6) is 0 Å². The van der Waals surface area contributed by atoms with Gasteiger partial charge < -0.3 is 15.7 Å². The number of hydrogen-bond acceptors (Lipinski definition) is 3. The molecule has 2 fully saturated rings. The molecule has 0 bridgehead atoms. The van der Waals surface area contributed by atoms with Gasteiger partial charge in [-0.1, -0.05) is 12.8 Å². The standard InChI is InChI=1S/C11H20N2O2/c14-10(13-9-3-4-9)7-12-8-11(15)5-1-2-6-11/h9,12,15H,1-8H2,(H,13,14). The van der Waals surface area contributed by atoms with E-state index in [9.17, 15) is 9.90 Å². The van der Waals surface area contributed by atoms with E-state index in [1.807, 2.05) is 0 Å². The Hall–Kier alpha value is -0.610. The summed E-state index contributed by atoms with van der Waals surface area (Å²) < 4.78 is 0. The Labute approximate surface area is 90.4 Å². The van der Waals surface area contributed by atoms with Gasteiger partial charge in [-0.15, -0.1) is 0 Å². The highest BCUT2D eigenvalue weighted by Gasteiger charge is 2.30. The van der Waals surface area contributed by atoms with Crippen LogP contribution in [-0.2, 0) is 4.79 Å². The first-order valence-corrected chi connectivity index (χ1v) is 5.90. The molecule has 0 aromatic heterocycles. The third kappa shape index (κ3) is 3.47. The first-order valence-electron chi connectivity index (χ1n) is 5.90. The normalized spacial score (nSPS) is 24.1. The van der Waals surface area contributed by atoms with E-state index in [0.717, 1.165) is 38.5 Å². The molecule has 15 heavy (non-hydrogen) atoms. The van der Waals surface area contributed by atoms with E-state index in [0.29, 0.717) is 19.1 Å². The van der Waals surface area contributed by atoms with E-state index in [-0.39, 0.29) is 5.91 Å². The van der Waals surface area contributed by atoms with Crippen molar-refractivity contribution >= 4 is 5.91 Å². The maximum atomic E-state index is 11.3. The summed E-state index contributed by atoms with van der Waals surface area (Å²) in [5, 5.41) is 16.0. The largest absolute Gasteiger partial charge is 0.389 e. The maximum absolute atomic E-state index is 11.3. The molecular weight excluding hydrogens is 192 g/mol. The Bertz CT molecular complexity index is 233. The van der Waals surface area contributed by atoms with Crippen LogP contribution in [-0.4, -0.2) is 35.7 Å². The monoisotopic (exact) mass is 212 g/mol. The molecule has 0 aromatic rings. The van der Waals surface area contributed by atoms with Gasteiger partial charge in [0, 0.05) is 12.6 Å². The van der Waals surface area contributed by atoms with E-state index < -0.39 is 5.60 Å². The Morgan fingerprint density at radius 3 is 2.60 bits per heavy atom.